The second-order valence-corrected chi connectivity index (χ2v) is 6.14. The lowest BCUT2D eigenvalue weighted by Gasteiger charge is -2.29. The average molecular weight is 275 g/mol. The molecule has 0 aromatic heterocycles. The molecular weight excluding hydrogens is 242 g/mol. The smallest absolute Gasteiger partial charge is 0.0351 e. The molecule has 1 aromatic carbocycles. The zero-order valence-electron chi connectivity index (χ0n) is 14.3. The van der Waals surface area contributed by atoms with Crippen LogP contribution in [0.25, 0.3) is 0 Å². The summed E-state index contributed by atoms with van der Waals surface area (Å²) in [5.41, 5.74) is 5.77. The zero-order valence-corrected chi connectivity index (χ0v) is 14.3. The molecule has 0 radical (unpaired) electrons. The lowest BCUT2D eigenvalue weighted by atomic mass is 9.84. The first-order valence-corrected chi connectivity index (χ1v) is 8.36. The first kappa shape index (κ1) is 17.2. The molecular formula is C19H33N. The number of hydrogen-bond donors (Lipinski definition) is 1. The van der Waals surface area contributed by atoms with Crippen LogP contribution in [0.2, 0.25) is 0 Å². The maximum absolute atomic E-state index is 3.75. The number of benzene rings is 1. The molecule has 0 saturated carbocycles. The van der Waals surface area contributed by atoms with Gasteiger partial charge in [0.15, 0.2) is 0 Å². The molecule has 0 heterocycles. The Morgan fingerprint density at radius 1 is 0.950 bits per heavy atom. The molecule has 0 aliphatic rings. The summed E-state index contributed by atoms with van der Waals surface area (Å²) in [4.78, 5) is 0. The van der Waals surface area contributed by atoms with Crippen molar-refractivity contribution in [2.24, 2.45) is 5.92 Å². The van der Waals surface area contributed by atoms with Crippen LogP contribution in [0.1, 0.15) is 74.8 Å². The molecule has 1 heteroatoms. The second-order valence-electron chi connectivity index (χ2n) is 6.14. The normalized spacial score (nSPS) is 14.3. The minimum atomic E-state index is 0.510. The Bertz CT molecular complexity index is 408. The standard InChI is InChI=1S/C19H33N/c1-7-10-11-17(8-2)19(20-9-3)18-13-15(5)14(4)12-16(18)6/h12-13,17,19-20H,7-11H2,1-6H3. The van der Waals surface area contributed by atoms with E-state index in [1.54, 1.807) is 0 Å². The maximum atomic E-state index is 3.75. The van der Waals surface area contributed by atoms with Crippen LogP contribution in [0.3, 0.4) is 0 Å². The van der Waals surface area contributed by atoms with Gasteiger partial charge in [-0.05, 0) is 61.9 Å². The summed E-state index contributed by atoms with van der Waals surface area (Å²) < 4.78 is 0. The highest BCUT2D eigenvalue weighted by atomic mass is 14.9. The van der Waals surface area contributed by atoms with Crippen molar-refractivity contribution in [1.82, 2.24) is 5.32 Å². The van der Waals surface area contributed by atoms with Crippen molar-refractivity contribution in [3.05, 3.63) is 34.4 Å². The second kappa shape index (κ2) is 8.46. The monoisotopic (exact) mass is 275 g/mol. The Morgan fingerprint density at radius 2 is 1.60 bits per heavy atom. The van der Waals surface area contributed by atoms with Gasteiger partial charge >= 0.3 is 0 Å². The van der Waals surface area contributed by atoms with Crippen LogP contribution in [0.4, 0.5) is 0 Å². The zero-order chi connectivity index (χ0) is 15.1. The Balaban J connectivity index is 3.08. The third kappa shape index (κ3) is 4.34. The highest BCUT2D eigenvalue weighted by Crippen LogP contribution is 2.32. The van der Waals surface area contributed by atoms with Crippen molar-refractivity contribution >= 4 is 0 Å². The van der Waals surface area contributed by atoms with Gasteiger partial charge in [-0.15, -0.1) is 0 Å². The van der Waals surface area contributed by atoms with E-state index in [-0.39, 0.29) is 0 Å². The number of unbranched alkanes of at least 4 members (excludes halogenated alkanes) is 1. The van der Waals surface area contributed by atoms with E-state index in [0.29, 0.717) is 6.04 Å². The summed E-state index contributed by atoms with van der Waals surface area (Å²) in [5.74, 6) is 0.746. The fraction of sp³-hybridized carbons (Fsp3) is 0.684. The molecule has 0 aliphatic carbocycles. The van der Waals surface area contributed by atoms with Gasteiger partial charge in [0.25, 0.3) is 0 Å². The van der Waals surface area contributed by atoms with E-state index in [1.165, 1.54) is 47.9 Å². The van der Waals surface area contributed by atoms with E-state index in [4.69, 9.17) is 0 Å². The van der Waals surface area contributed by atoms with Crippen LogP contribution in [0.15, 0.2) is 12.1 Å². The first-order valence-electron chi connectivity index (χ1n) is 8.36. The maximum Gasteiger partial charge on any atom is 0.0351 e. The quantitative estimate of drug-likeness (QED) is 0.662. The predicted molar refractivity (Wildman–Crippen MR) is 90.4 cm³/mol. The Kier molecular flexibility index (Phi) is 7.29. The van der Waals surface area contributed by atoms with Crippen LogP contribution >= 0.6 is 0 Å². The molecule has 1 N–H and O–H groups in total. The summed E-state index contributed by atoms with van der Waals surface area (Å²) in [5, 5.41) is 3.75. The van der Waals surface area contributed by atoms with Gasteiger partial charge in [0, 0.05) is 6.04 Å². The molecule has 1 aromatic rings. The highest BCUT2D eigenvalue weighted by molar-refractivity contribution is 5.38. The molecule has 2 unspecified atom stereocenters. The average Bonchev–Trinajstić information content (AvgIpc) is 2.42. The Labute approximate surface area is 126 Å². The first-order chi connectivity index (χ1) is 9.54. The van der Waals surface area contributed by atoms with E-state index in [0.717, 1.165) is 12.5 Å². The van der Waals surface area contributed by atoms with Gasteiger partial charge < -0.3 is 5.32 Å². The van der Waals surface area contributed by atoms with Crippen LogP contribution in [-0.4, -0.2) is 6.54 Å². The van der Waals surface area contributed by atoms with Crippen molar-refractivity contribution in [2.45, 2.75) is 73.3 Å². The molecule has 114 valence electrons. The SMILES string of the molecule is CCCCC(CC)C(NCC)c1cc(C)c(C)cc1C. The van der Waals surface area contributed by atoms with Gasteiger partial charge in [0.2, 0.25) is 0 Å². The summed E-state index contributed by atoms with van der Waals surface area (Å²) in [6.45, 7) is 14.6. The molecule has 20 heavy (non-hydrogen) atoms. The summed E-state index contributed by atoms with van der Waals surface area (Å²) in [7, 11) is 0. The molecule has 0 fully saturated rings. The molecule has 0 bridgehead atoms. The van der Waals surface area contributed by atoms with Crippen LogP contribution < -0.4 is 5.32 Å². The fourth-order valence-corrected chi connectivity index (χ4v) is 3.14. The van der Waals surface area contributed by atoms with Crippen molar-refractivity contribution < 1.29 is 0 Å². The summed E-state index contributed by atoms with van der Waals surface area (Å²) >= 11 is 0. The Hall–Kier alpha value is -0.820. The molecule has 0 spiro atoms. The van der Waals surface area contributed by atoms with E-state index >= 15 is 0 Å². The van der Waals surface area contributed by atoms with Crippen molar-refractivity contribution in [3.8, 4) is 0 Å². The van der Waals surface area contributed by atoms with Crippen molar-refractivity contribution in [2.75, 3.05) is 6.54 Å². The third-order valence-electron chi connectivity index (χ3n) is 4.57. The van der Waals surface area contributed by atoms with Crippen LogP contribution in [0, 0.1) is 26.7 Å². The van der Waals surface area contributed by atoms with E-state index < -0.39 is 0 Å². The lowest BCUT2D eigenvalue weighted by Crippen LogP contribution is -2.29. The van der Waals surface area contributed by atoms with Crippen LogP contribution in [-0.2, 0) is 0 Å². The lowest BCUT2D eigenvalue weighted by molar-refractivity contribution is 0.327. The van der Waals surface area contributed by atoms with Crippen molar-refractivity contribution in [3.63, 3.8) is 0 Å². The minimum Gasteiger partial charge on any atom is -0.310 e. The highest BCUT2D eigenvalue weighted by Gasteiger charge is 2.22. The summed E-state index contributed by atoms with van der Waals surface area (Å²) in [6.07, 6.45) is 5.21. The largest absolute Gasteiger partial charge is 0.310 e. The van der Waals surface area contributed by atoms with E-state index in [2.05, 4.69) is 59.0 Å². The number of rotatable bonds is 8. The third-order valence-corrected chi connectivity index (χ3v) is 4.57. The minimum absolute atomic E-state index is 0.510. The van der Waals surface area contributed by atoms with Crippen LogP contribution in [0.5, 0.6) is 0 Å². The van der Waals surface area contributed by atoms with Crippen molar-refractivity contribution in [1.29, 1.82) is 0 Å². The topological polar surface area (TPSA) is 12.0 Å². The van der Waals surface area contributed by atoms with Gasteiger partial charge in [-0.25, -0.2) is 0 Å². The van der Waals surface area contributed by atoms with Gasteiger partial charge in [0.1, 0.15) is 0 Å². The number of aryl methyl sites for hydroxylation is 3. The molecule has 0 aliphatic heterocycles. The molecule has 0 amide bonds. The Morgan fingerprint density at radius 3 is 2.15 bits per heavy atom. The van der Waals surface area contributed by atoms with E-state index in [9.17, 15) is 0 Å². The van der Waals surface area contributed by atoms with Gasteiger partial charge in [-0.2, -0.15) is 0 Å². The number of nitrogens with one attached hydrogen (secondary N) is 1. The van der Waals surface area contributed by atoms with E-state index in [1.807, 2.05) is 0 Å². The van der Waals surface area contributed by atoms with Gasteiger partial charge in [-0.1, -0.05) is 52.2 Å². The predicted octanol–water partition coefficient (Wildman–Crippen LogP) is 5.48. The molecule has 2 atom stereocenters. The molecule has 1 nitrogen and oxygen atoms in total. The van der Waals surface area contributed by atoms with Gasteiger partial charge in [-0.3, -0.25) is 0 Å². The molecule has 0 saturated heterocycles. The fourth-order valence-electron chi connectivity index (χ4n) is 3.14. The summed E-state index contributed by atoms with van der Waals surface area (Å²) in [6, 6.07) is 5.27. The molecule has 1 rings (SSSR count). The van der Waals surface area contributed by atoms with Gasteiger partial charge in [0.05, 0.1) is 0 Å². The number of hydrogen-bond acceptors (Lipinski definition) is 1.